The number of pyridine rings is 1. The van der Waals surface area contributed by atoms with E-state index in [0.717, 1.165) is 22.5 Å². The van der Waals surface area contributed by atoms with Crippen LogP contribution in [-0.4, -0.2) is 107 Å². The minimum atomic E-state index is -1.15. The molecule has 1 saturated heterocycles. The SMILES string of the molecule is CCC(C)C(C(=O)NC(Cc1ccccc1)C(O)CN(Cc1ccc(OC)cc1)NC(=O)CC(C)(C)CNC(=O)OC)N1CCN(Cc2cccc(C)n2)C1=O. The van der Waals surface area contributed by atoms with Gasteiger partial charge < -0.3 is 35.0 Å². The van der Waals surface area contributed by atoms with Crippen LogP contribution in [0.2, 0.25) is 0 Å². The van der Waals surface area contributed by atoms with E-state index in [0.29, 0.717) is 38.2 Å². The summed E-state index contributed by atoms with van der Waals surface area (Å²) in [6, 6.07) is 20.9. The van der Waals surface area contributed by atoms with E-state index in [2.05, 4.69) is 25.8 Å². The lowest BCUT2D eigenvalue weighted by molar-refractivity contribution is -0.131. The predicted octanol–water partition coefficient (Wildman–Crippen LogP) is 4.45. The van der Waals surface area contributed by atoms with E-state index in [1.54, 1.807) is 21.9 Å². The number of carbonyl (C=O) groups excluding carboxylic acids is 4. The van der Waals surface area contributed by atoms with Gasteiger partial charge in [-0.1, -0.05) is 82.6 Å². The molecule has 4 rings (SSSR count). The van der Waals surface area contributed by atoms with Gasteiger partial charge in [-0.15, -0.1) is 0 Å². The maximum absolute atomic E-state index is 14.4. The first kappa shape index (κ1) is 43.5. The predicted molar refractivity (Wildman–Crippen MR) is 213 cm³/mol. The highest BCUT2D eigenvalue weighted by atomic mass is 16.5. The lowest BCUT2D eigenvalue weighted by Gasteiger charge is -2.35. The second-order valence-corrected chi connectivity index (χ2v) is 15.3. The first-order valence-corrected chi connectivity index (χ1v) is 19.2. The summed E-state index contributed by atoms with van der Waals surface area (Å²) >= 11 is 0. The molecule has 1 aliphatic rings. The van der Waals surface area contributed by atoms with Gasteiger partial charge in [-0.25, -0.2) is 14.6 Å². The van der Waals surface area contributed by atoms with E-state index in [1.165, 1.54) is 7.11 Å². The molecule has 1 aromatic heterocycles. The van der Waals surface area contributed by atoms with Crippen molar-refractivity contribution in [2.45, 2.75) is 85.2 Å². The van der Waals surface area contributed by atoms with Gasteiger partial charge >= 0.3 is 12.1 Å². The number of hydrazine groups is 1. The Labute approximate surface area is 330 Å². The fourth-order valence-corrected chi connectivity index (χ4v) is 6.79. The zero-order chi connectivity index (χ0) is 40.8. The van der Waals surface area contributed by atoms with Gasteiger partial charge in [0.15, 0.2) is 0 Å². The Kier molecular flexibility index (Phi) is 16.0. The number of aliphatic hydroxyl groups excluding tert-OH is 1. The van der Waals surface area contributed by atoms with Crippen LogP contribution in [0.1, 0.15) is 63.1 Å². The Hall–Kier alpha value is -5.21. The van der Waals surface area contributed by atoms with Crippen LogP contribution in [0.3, 0.4) is 0 Å². The summed E-state index contributed by atoms with van der Waals surface area (Å²) in [7, 11) is 2.86. The number of urea groups is 1. The molecule has 4 atom stereocenters. The number of carbonyl (C=O) groups is 4. The molecule has 0 saturated carbocycles. The number of aromatic nitrogens is 1. The van der Waals surface area contributed by atoms with E-state index >= 15 is 0 Å². The molecule has 1 fully saturated rings. The van der Waals surface area contributed by atoms with Crippen molar-refractivity contribution in [2.75, 3.05) is 40.4 Å². The van der Waals surface area contributed by atoms with E-state index in [4.69, 9.17) is 4.74 Å². The lowest BCUT2D eigenvalue weighted by Crippen LogP contribution is -2.58. The molecule has 56 heavy (non-hydrogen) atoms. The molecular weight excluding hydrogens is 715 g/mol. The topological polar surface area (TPSA) is 166 Å². The Morgan fingerprint density at radius 3 is 2.34 bits per heavy atom. The van der Waals surface area contributed by atoms with Gasteiger partial charge in [-0.3, -0.25) is 20.0 Å². The Bertz CT molecular complexity index is 1740. The van der Waals surface area contributed by atoms with Crippen molar-refractivity contribution in [1.29, 1.82) is 0 Å². The van der Waals surface area contributed by atoms with E-state index in [-0.39, 0.29) is 49.8 Å². The van der Waals surface area contributed by atoms with Crippen LogP contribution in [0, 0.1) is 18.3 Å². The highest BCUT2D eigenvalue weighted by Gasteiger charge is 2.41. The number of hydrogen-bond acceptors (Lipinski definition) is 9. The van der Waals surface area contributed by atoms with Crippen molar-refractivity contribution >= 4 is 23.9 Å². The number of nitrogens with zero attached hydrogens (tertiary/aromatic N) is 4. The van der Waals surface area contributed by atoms with Crippen molar-refractivity contribution in [2.24, 2.45) is 11.3 Å². The summed E-state index contributed by atoms with van der Waals surface area (Å²) < 4.78 is 10.0. The number of hydrogen-bond donors (Lipinski definition) is 4. The van der Waals surface area contributed by atoms with Crippen LogP contribution in [0.5, 0.6) is 5.75 Å². The summed E-state index contributed by atoms with van der Waals surface area (Å²) in [6.07, 6.45) is -0.719. The second-order valence-electron chi connectivity index (χ2n) is 15.3. The third-order valence-corrected chi connectivity index (χ3v) is 10.1. The summed E-state index contributed by atoms with van der Waals surface area (Å²) in [5.41, 5.74) is 5.75. The molecule has 0 bridgehead atoms. The van der Waals surface area contributed by atoms with E-state index < -0.39 is 29.7 Å². The van der Waals surface area contributed by atoms with Gasteiger partial charge in [0, 0.05) is 44.8 Å². The normalized spacial score (nSPS) is 15.2. The van der Waals surface area contributed by atoms with Crippen molar-refractivity contribution in [1.82, 2.24) is 35.9 Å². The molecule has 0 spiro atoms. The number of benzene rings is 2. The summed E-state index contributed by atoms with van der Waals surface area (Å²) in [5, 5.41) is 19.4. The Balaban J connectivity index is 1.56. The van der Waals surface area contributed by atoms with Crippen LogP contribution in [-0.2, 0) is 33.8 Å². The van der Waals surface area contributed by atoms with Crippen LogP contribution in [0.25, 0.3) is 0 Å². The number of aryl methyl sites for hydroxylation is 1. The van der Waals surface area contributed by atoms with Gasteiger partial charge in [-0.2, -0.15) is 0 Å². The van der Waals surface area contributed by atoms with Crippen molar-refractivity contribution in [3.63, 3.8) is 0 Å². The van der Waals surface area contributed by atoms with Crippen molar-refractivity contribution < 1.29 is 33.8 Å². The van der Waals surface area contributed by atoms with Gasteiger partial charge in [-0.05, 0) is 60.1 Å². The van der Waals surface area contributed by atoms with Gasteiger partial charge in [0.1, 0.15) is 11.8 Å². The number of aliphatic hydroxyl groups is 1. The number of alkyl carbamates (subject to hydrolysis) is 1. The lowest BCUT2D eigenvalue weighted by atomic mass is 9.89. The third kappa shape index (κ3) is 12.9. The standard InChI is InChI=1S/C42H59N7O7/c1-8-29(2)38(49-22-21-47(41(49)54)26-33-16-12-13-30(3)44-33)39(52)45-35(23-31-14-10-9-11-15-31)36(50)27-48(25-32-17-19-34(55-6)20-18-32)46-37(51)24-42(4,5)28-43-40(53)56-7/h9-20,29,35-36,38,50H,8,21-28H2,1-7H3,(H,43,53)(H,45,52)(H,46,51). The Morgan fingerprint density at radius 1 is 0.982 bits per heavy atom. The maximum Gasteiger partial charge on any atom is 0.406 e. The summed E-state index contributed by atoms with van der Waals surface area (Å²) in [4.78, 5) is 61.4. The molecule has 14 nitrogen and oxygen atoms in total. The number of methoxy groups -OCH3 is 2. The smallest absolute Gasteiger partial charge is 0.406 e. The molecule has 14 heteroatoms. The molecule has 2 aromatic carbocycles. The quantitative estimate of drug-likeness (QED) is 0.122. The number of ether oxygens (including phenoxy) is 2. The highest BCUT2D eigenvalue weighted by molar-refractivity contribution is 5.88. The minimum Gasteiger partial charge on any atom is -0.497 e. The van der Waals surface area contributed by atoms with Crippen molar-refractivity contribution in [3.8, 4) is 5.75 Å². The van der Waals surface area contributed by atoms with Crippen LogP contribution < -0.4 is 20.8 Å². The highest BCUT2D eigenvalue weighted by Crippen LogP contribution is 2.24. The van der Waals surface area contributed by atoms with Gasteiger partial charge in [0.05, 0.1) is 38.6 Å². The van der Waals surface area contributed by atoms with E-state index in [9.17, 15) is 24.3 Å². The van der Waals surface area contributed by atoms with Crippen LogP contribution in [0.15, 0.2) is 72.8 Å². The maximum atomic E-state index is 14.4. The molecule has 0 aliphatic carbocycles. The molecule has 2 heterocycles. The van der Waals surface area contributed by atoms with Gasteiger partial charge in [0.2, 0.25) is 11.8 Å². The number of rotatable bonds is 20. The fourth-order valence-electron chi connectivity index (χ4n) is 6.79. The molecule has 0 radical (unpaired) electrons. The monoisotopic (exact) mass is 773 g/mol. The molecule has 4 unspecified atom stereocenters. The van der Waals surface area contributed by atoms with Crippen molar-refractivity contribution in [3.05, 3.63) is 95.3 Å². The van der Waals surface area contributed by atoms with E-state index in [1.807, 2.05) is 107 Å². The number of amides is 5. The van der Waals surface area contributed by atoms with Crippen LogP contribution >= 0.6 is 0 Å². The van der Waals surface area contributed by atoms with Gasteiger partial charge in [0.25, 0.3) is 0 Å². The molecule has 5 amide bonds. The summed E-state index contributed by atoms with van der Waals surface area (Å²) in [6.45, 7) is 11.2. The molecule has 1 aliphatic heterocycles. The molecule has 304 valence electrons. The second kappa shape index (κ2) is 20.6. The third-order valence-electron chi connectivity index (χ3n) is 10.1. The number of nitrogens with one attached hydrogen (secondary N) is 3. The fraction of sp³-hybridized carbons (Fsp3) is 0.500. The Morgan fingerprint density at radius 2 is 1.70 bits per heavy atom. The average Bonchev–Trinajstić information content (AvgIpc) is 3.52. The molecular formula is C42H59N7O7. The largest absolute Gasteiger partial charge is 0.497 e. The zero-order valence-electron chi connectivity index (χ0n) is 33.8. The molecule has 4 N–H and O–H groups in total. The first-order chi connectivity index (χ1) is 26.7. The molecule has 3 aromatic rings. The zero-order valence-corrected chi connectivity index (χ0v) is 33.8. The average molecular weight is 774 g/mol. The van der Waals surface area contributed by atoms with Crippen LogP contribution in [0.4, 0.5) is 9.59 Å². The summed E-state index contributed by atoms with van der Waals surface area (Å²) in [5.74, 6) is -0.166. The minimum absolute atomic E-state index is 0.0374. The first-order valence-electron chi connectivity index (χ1n) is 19.2.